The highest BCUT2D eigenvalue weighted by molar-refractivity contribution is 6.03. The molecule has 1 aliphatic heterocycles. The molecule has 1 aromatic heterocycles. The van der Waals surface area contributed by atoms with Gasteiger partial charge in [-0.3, -0.25) is 4.79 Å². The van der Waals surface area contributed by atoms with Crippen LogP contribution in [0.3, 0.4) is 0 Å². The summed E-state index contributed by atoms with van der Waals surface area (Å²) < 4.78 is 0. The van der Waals surface area contributed by atoms with Gasteiger partial charge in [0.15, 0.2) is 0 Å². The quantitative estimate of drug-likeness (QED) is 0.722. The van der Waals surface area contributed by atoms with E-state index in [-0.39, 0.29) is 11.9 Å². The van der Waals surface area contributed by atoms with Gasteiger partial charge in [-0.1, -0.05) is 43.3 Å². The molecule has 1 aliphatic rings. The number of nitrogens with zero attached hydrogens (tertiary/aromatic N) is 3. The van der Waals surface area contributed by atoms with E-state index in [1.807, 2.05) is 37.3 Å². The van der Waals surface area contributed by atoms with Crippen LogP contribution in [-0.4, -0.2) is 21.9 Å². The Hall–Kier alpha value is -3.21. The molecule has 0 saturated heterocycles. The average Bonchev–Trinajstić information content (AvgIpc) is 3.03. The monoisotopic (exact) mass is 372 g/mol. The molecule has 142 valence electrons. The van der Waals surface area contributed by atoms with Gasteiger partial charge in [-0.25, -0.2) is 9.97 Å². The highest BCUT2D eigenvalue weighted by atomic mass is 16.1. The molecule has 3 aromatic rings. The van der Waals surface area contributed by atoms with E-state index in [4.69, 9.17) is 0 Å². The van der Waals surface area contributed by atoms with Crippen LogP contribution in [0.15, 0.2) is 54.6 Å². The summed E-state index contributed by atoms with van der Waals surface area (Å²) in [4.78, 5) is 24.1. The van der Waals surface area contributed by atoms with Crippen LogP contribution in [0.4, 0.5) is 17.2 Å². The summed E-state index contributed by atoms with van der Waals surface area (Å²) in [5.41, 5.74) is 4.76. The molecule has 0 spiro atoms. The normalized spacial score (nSPS) is 15.4. The molecule has 5 heteroatoms. The van der Waals surface area contributed by atoms with E-state index in [2.05, 4.69) is 52.2 Å². The van der Waals surface area contributed by atoms with E-state index in [0.717, 1.165) is 35.6 Å². The Kier molecular flexibility index (Phi) is 4.82. The number of hydrogen-bond donors (Lipinski definition) is 1. The molecule has 1 atom stereocenters. The lowest BCUT2D eigenvalue weighted by Gasteiger charge is -2.24. The van der Waals surface area contributed by atoms with Crippen molar-refractivity contribution in [2.75, 3.05) is 10.2 Å². The second-order valence-electron chi connectivity index (χ2n) is 7.18. The maximum atomic E-state index is 12.9. The molecule has 28 heavy (non-hydrogen) atoms. The smallest absolute Gasteiger partial charge is 0.274 e. The first kappa shape index (κ1) is 18.2. The number of aryl methyl sites for hydroxylation is 2. The number of hydrogen-bond acceptors (Lipinski definition) is 4. The van der Waals surface area contributed by atoms with E-state index < -0.39 is 0 Å². The van der Waals surface area contributed by atoms with Crippen molar-refractivity contribution in [1.82, 2.24) is 9.97 Å². The van der Waals surface area contributed by atoms with E-state index in [9.17, 15) is 4.79 Å². The fourth-order valence-corrected chi connectivity index (χ4v) is 3.84. The van der Waals surface area contributed by atoms with Crippen molar-refractivity contribution in [2.24, 2.45) is 0 Å². The van der Waals surface area contributed by atoms with Crippen molar-refractivity contribution >= 4 is 23.1 Å². The predicted molar refractivity (Wildman–Crippen MR) is 112 cm³/mol. The van der Waals surface area contributed by atoms with Gasteiger partial charge in [0.05, 0.1) is 0 Å². The largest absolute Gasteiger partial charge is 0.323 e. The topological polar surface area (TPSA) is 58.1 Å². The van der Waals surface area contributed by atoms with Gasteiger partial charge >= 0.3 is 0 Å². The number of fused-ring (bicyclic) bond motifs is 1. The first-order valence-corrected chi connectivity index (χ1v) is 9.69. The van der Waals surface area contributed by atoms with Crippen molar-refractivity contribution in [3.05, 3.63) is 77.2 Å². The van der Waals surface area contributed by atoms with E-state index >= 15 is 0 Å². The molecule has 2 aromatic carbocycles. The van der Waals surface area contributed by atoms with Crippen LogP contribution < -0.4 is 10.2 Å². The second kappa shape index (κ2) is 7.43. The number of anilines is 3. The van der Waals surface area contributed by atoms with Crippen LogP contribution in [0.1, 0.15) is 41.3 Å². The van der Waals surface area contributed by atoms with Crippen LogP contribution in [0.5, 0.6) is 0 Å². The third-order valence-electron chi connectivity index (χ3n) is 5.16. The minimum atomic E-state index is -0.215. The SMILES string of the molecule is CCc1ccccc1NC(=O)c1cc(N2c3ccccc3CC2C)nc(C)n1. The number of para-hydroxylation sites is 2. The summed E-state index contributed by atoms with van der Waals surface area (Å²) in [6.07, 6.45) is 1.82. The molecule has 4 rings (SSSR count). The molecule has 1 unspecified atom stereocenters. The van der Waals surface area contributed by atoms with E-state index in [0.29, 0.717) is 11.5 Å². The predicted octanol–water partition coefficient (Wildman–Crippen LogP) is 4.68. The van der Waals surface area contributed by atoms with Gasteiger partial charge in [-0.05, 0) is 49.9 Å². The zero-order valence-electron chi connectivity index (χ0n) is 16.4. The summed E-state index contributed by atoms with van der Waals surface area (Å²) in [5, 5.41) is 3.01. The maximum Gasteiger partial charge on any atom is 0.274 e. The molecule has 2 heterocycles. The molecule has 1 N–H and O–H groups in total. The molecular weight excluding hydrogens is 348 g/mol. The zero-order valence-corrected chi connectivity index (χ0v) is 16.4. The highest BCUT2D eigenvalue weighted by Gasteiger charge is 2.28. The number of nitrogens with one attached hydrogen (secondary N) is 1. The maximum absolute atomic E-state index is 12.9. The van der Waals surface area contributed by atoms with Crippen molar-refractivity contribution in [1.29, 1.82) is 0 Å². The van der Waals surface area contributed by atoms with Crippen LogP contribution in [-0.2, 0) is 12.8 Å². The Labute approximate surface area is 165 Å². The van der Waals surface area contributed by atoms with Crippen LogP contribution in [0.25, 0.3) is 0 Å². The van der Waals surface area contributed by atoms with Crippen molar-refractivity contribution in [3.63, 3.8) is 0 Å². The molecule has 0 saturated carbocycles. The van der Waals surface area contributed by atoms with E-state index in [1.165, 1.54) is 5.56 Å². The second-order valence-corrected chi connectivity index (χ2v) is 7.18. The van der Waals surface area contributed by atoms with Crippen LogP contribution in [0.2, 0.25) is 0 Å². The van der Waals surface area contributed by atoms with Gasteiger partial charge in [0, 0.05) is 23.5 Å². The molecular formula is C23H24N4O. The summed E-state index contributed by atoms with van der Waals surface area (Å²) in [6.45, 7) is 6.08. The molecule has 0 aliphatic carbocycles. The van der Waals surface area contributed by atoms with Crippen LogP contribution >= 0.6 is 0 Å². The zero-order chi connectivity index (χ0) is 19.7. The Balaban J connectivity index is 1.67. The number of amides is 1. The molecule has 0 fully saturated rings. The Morgan fingerprint density at radius 2 is 1.89 bits per heavy atom. The summed E-state index contributed by atoms with van der Waals surface area (Å²) in [7, 11) is 0. The number of aromatic nitrogens is 2. The minimum Gasteiger partial charge on any atom is -0.323 e. The van der Waals surface area contributed by atoms with Crippen molar-refractivity contribution < 1.29 is 4.79 Å². The van der Waals surface area contributed by atoms with Crippen LogP contribution in [0, 0.1) is 6.92 Å². The summed E-state index contributed by atoms with van der Waals surface area (Å²) in [6, 6.07) is 18.3. The fourth-order valence-electron chi connectivity index (χ4n) is 3.84. The van der Waals surface area contributed by atoms with Gasteiger partial charge in [0.25, 0.3) is 5.91 Å². The third-order valence-corrected chi connectivity index (χ3v) is 5.16. The van der Waals surface area contributed by atoms with Gasteiger partial charge in [0.2, 0.25) is 0 Å². The lowest BCUT2D eigenvalue weighted by molar-refractivity contribution is 0.102. The summed E-state index contributed by atoms with van der Waals surface area (Å²) >= 11 is 0. The van der Waals surface area contributed by atoms with Gasteiger partial charge < -0.3 is 10.2 Å². The number of carbonyl (C=O) groups excluding carboxylic acids is 1. The minimum absolute atomic E-state index is 0.215. The number of benzene rings is 2. The van der Waals surface area contributed by atoms with Gasteiger partial charge in [0.1, 0.15) is 17.3 Å². The Bertz CT molecular complexity index is 1030. The summed E-state index contributed by atoms with van der Waals surface area (Å²) in [5.74, 6) is 1.13. The molecule has 0 bridgehead atoms. The van der Waals surface area contributed by atoms with Crippen molar-refractivity contribution in [3.8, 4) is 0 Å². The van der Waals surface area contributed by atoms with Crippen molar-refractivity contribution in [2.45, 2.75) is 39.7 Å². The lowest BCUT2D eigenvalue weighted by atomic mass is 10.1. The third kappa shape index (κ3) is 3.36. The molecule has 5 nitrogen and oxygen atoms in total. The lowest BCUT2D eigenvalue weighted by Crippen LogP contribution is -2.26. The highest BCUT2D eigenvalue weighted by Crippen LogP contribution is 2.37. The number of rotatable bonds is 4. The average molecular weight is 372 g/mol. The molecule has 1 amide bonds. The fraction of sp³-hybridized carbons (Fsp3) is 0.261. The Morgan fingerprint density at radius 1 is 1.14 bits per heavy atom. The first-order chi connectivity index (χ1) is 13.6. The first-order valence-electron chi connectivity index (χ1n) is 9.69. The molecule has 0 radical (unpaired) electrons. The van der Waals surface area contributed by atoms with Gasteiger partial charge in [-0.2, -0.15) is 0 Å². The van der Waals surface area contributed by atoms with Gasteiger partial charge in [-0.15, -0.1) is 0 Å². The van der Waals surface area contributed by atoms with E-state index in [1.54, 1.807) is 6.07 Å². The number of carbonyl (C=O) groups is 1. The standard InChI is InChI=1S/C23H24N4O/c1-4-17-9-5-7-11-19(17)26-23(28)20-14-22(25-16(3)24-20)27-15(2)13-18-10-6-8-12-21(18)27/h5-12,14-15H,4,13H2,1-3H3,(H,26,28). The Morgan fingerprint density at radius 3 is 2.71 bits per heavy atom.